The Balaban J connectivity index is 1.80. The first-order chi connectivity index (χ1) is 9.22. The smallest absolute Gasteiger partial charge is 0.270 e. The molecule has 0 aliphatic rings. The summed E-state index contributed by atoms with van der Waals surface area (Å²) in [6.07, 6.45) is 3.66. The van der Waals surface area contributed by atoms with E-state index in [2.05, 4.69) is 22.2 Å². The number of rotatable bonds is 6. The van der Waals surface area contributed by atoms with Crippen LogP contribution in [0, 0.1) is 0 Å². The van der Waals surface area contributed by atoms with Crippen molar-refractivity contribution in [3.63, 3.8) is 0 Å². The van der Waals surface area contributed by atoms with Gasteiger partial charge in [0.25, 0.3) is 5.91 Å². The van der Waals surface area contributed by atoms with E-state index >= 15 is 0 Å². The molecule has 3 N–H and O–H groups in total. The van der Waals surface area contributed by atoms with Crippen LogP contribution in [0.15, 0.2) is 11.6 Å². The van der Waals surface area contributed by atoms with E-state index in [1.54, 1.807) is 16.7 Å². The van der Waals surface area contributed by atoms with Gasteiger partial charge in [0.1, 0.15) is 10.7 Å². The van der Waals surface area contributed by atoms with Crippen LogP contribution in [-0.4, -0.2) is 22.4 Å². The molecule has 102 valence electrons. The lowest BCUT2D eigenvalue weighted by Gasteiger charge is -2.00. The molecule has 0 aromatic carbocycles. The van der Waals surface area contributed by atoms with E-state index in [9.17, 15) is 4.79 Å². The molecule has 0 bridgehead atoms. The molecule has 7 heteroatoms. The first kappa shape index (κ1) is 14.1. The lowest BCUT2D eigenvalue weighted by molar-refractivity contribution is 0.0949. The molecule has 2 rings (SSSR count). The topological polar surface area (TPSA) is 80.9 Å². The van der Waals surface area contributed by atoms with Crippen molar-refractivity contribution >= 4 is 28.6 Å². The number of hydrogen-bond donors (Lipinski definition) is 2. The Kier molecular flexibility index (Phi) is 5.00. The van der Waals surface area contributed by atoms with Gasteiger partial charge < -0.3 is 11.1 Å². The van der Waals surface area contributed by atoms with Crippen LogP contribution in [-0.2, 0) is 19.4 Å². The Hall–Kier alpha value is -1.31. The predicted octanol–water partition coefficient (Wildman–Crippen LogP) is 1.59. The van der Waals surface area contributed by atoms with Crippen molar-refractivity contribution in [2.75, 3.05) is 6.54 Å². The summed E-state index contributed by atoms with van der Waals surface area (Å²) in [5.41, 5.74) is 5.91. The largest absolute Gasteiger partial charge is 0.350 e. The number of hydrogen-bond acceptors (Lipinski definition) is 6. The Morgan fingerprint density at radius 2 is 2.32 bits per heavy atom. The van der Waals surface area contributed by atoms with E-state index in [0.29, 0.717) is 18.8 Å². The van der Waals surface area contributed by atoms with Crippen molar-refractivity contribution in [2.45, 2.75) is 26.3 Å². The van der Waals surface area contributed by atoms with Gasteiger partial charge in [0, 0.05) is 36.0 Å². The summed E-state index contributed by atoms with van der Waals surface area (Å²) in [5, 5.41) is 6.40. The highest BCUT2D eigenvalue weighted by Gasteiger charge is 2.09. The van der Waals surface area contributed by atoms with E-state index in [-0.39, 0.29) is 5.91 Å². The molecule has 0 aliphatic heterocycles. The van der Waals surface area contributed by atoms with Gasteiger partial charge in [0.2, 0.25) is 0 Å². The van der Waals surface area contributed by atoms with Crippen LogP contribution >= 0.6 is 22.7 Å². The molecule has 0 atom stereocenters. The van der Waals surface area contributed by atoms with Crippen LogP contribution in [0.4, 0.5) is 0 Å². The van der Waals surface area contributed by atoms with Crippen molar-refractivity contribution in [1.82, 2.24) is 15.3 Å². The predicted molar refractivity (Wildman–Crippen MR) is 77.5 cm³/mol. The lowest BCUT2D eigenvalue weighted by atomic mass is 10.4. The van der Waals surface area contributed by atoms with Gasteiger partial charge in [-0.3, -0.25) is 4.79 Å². The molecule has 0 radical (unpaired) electrons. The molecule has 0 fully saturated rings. The zero-order chi connectivity index (χ0) is 13.7. The van der Waals surface area contributed by atoms with Gasteiger partial charge in [0.15, 0.2) is 0 Å². The number of nitrogens with zero attached hydrogens (tertiary/aromatic N) is 2. The van der Waals surface area contributed by atoms with Crippen LogP contribution in [0.3, 0.4) is 0 Å². The fourth-order valence-electron chi connectivity index (χ4n) is 1.51. The van der Waals surface area contributed by atoms with Gasteiger partial charge in [-0.05, 0) is 6.42 Å². The van der Waals surface area contributed by atoms with E-state index in [1.807, 2.05) is 6.20 Å². The van der Waals surface area contributed by atoms with Gasteiger partial charge >= 0.3 is 0 Å². The maximum atomic E-state index is 11.8. The number of carbonyl (C=O) groups excluding carboxylic acids is 1. The molecule has 5 nitrogen and oxygen atoms in total. The molecule has 0 aliphatic carbocycles. The van der Waals surface area contributed by atoms with Gasteiger partial charge in [-0.25, -0.2) is 9.97 Å². The summed E-state index contributed by atoms with van der Waals surface area (Å²) in [5.74, 6) is -0.150. The van der Waals surface area contributed by atoms with Crippen LogP contribution in [0.1, 0.15) is 32.3 Å². The van der Waals surface area contributed by atoms with Crippen molar-refractivity contribution in [1.29, 1.82) is 0 Å². The molecule has 2 aromatic rings. The molecular weight excluding hydrogens is 280 g/mol. The van der Waals surface area contributed by atoms with Crippen molar-refractivity contribution in [2.24, 2.45) is 5.73 Å². The monoisotopic (exact) mass is 296 g/mol. The van der Waals surface area contributed by atoms with E-state index in [1.165, 1.54) is 16.2 Å². The molecule has 2 heterocycles. The number of aromatic nitrogens is 2. The first-order valence-electron chi connectivity index (χ1n) is 6.09. The minimum Gasteiger partial charge on any atom is -0.350 e. The Labute approximate surface area is 119 Å². The summed E-state index contributed by atoms with van der Waals surface area (Å²) >= 11 is 3.10. The molecule has 0 saturated heterocycles. The summed E-state index contributed by atoms with van der Waals surface area (Å²) < 4.78 is 0. The van der Waals surface area contributed by atoms with E-state index < -0.39 is 0 Å². The highest BCUT2D eigenvalue weighted by molar-refractivity contribution is 7.11. The molecule has 2 aromatic heterocycles. The molecule has 0 unspecified atom stereocenters. The SMILES string of the molecule is CCc1cnc(CCNC(=O)c2csc(CN)n2)s1. The minimum absolute atomic E-state index is 0.150. The fraction of sp³-hybridized carbons (Fsp3) is 0.417. The third-order valence-corrected chi connectivity index (χ3v) is 4.61. The summed E-state index contributed by atoms with van der Waals surface area (Å²) in [6, 6.07) is 0. The molecule has 19 heavy (non-hydrogen) atoms. The number of carbonyl (C=O) groups is 1. The second-order valence-electron chi connectivity index (χ2n) is 3.91. The highest BCUT2D eigenvalue weighted by atomic mass is 32.1. The first-order valence-corrected chi connectivity index (χ1v) is 7.78. The zero-order valence-electron chi connectivity index (χ0n) is 10.7. The molecule has 0 saturated carbocycles. The number of amides is 1. The van der Waals surface area contributed by atoms with Crippen LogP contribution in [0.25, 0.3) is 0 Å². The van der Waals surface area contributed by atoms with Crippen molar-refractivity contribution < 1.29 is 4.79 Å². The zero-order valence-corrected chi connectivity index (χ0v) is 12.3. The minimum atomic E-state index is -0.150. The standard InChI is InChI=1S/C12H16N4OS2/c1-2-8-6-15-10(19-8)3-4-14-12(17)9-7-18-11(5-13)16-9/h6-7H,2-5,13H2,1H3,(H,14,17). The lowest BCUT2D eigenvalue weighted by Crippen LogP contribution is -2.26. The average Bonchev–Trinajstić information content (AvgIpc) is 3.07. The molecule has 0 spiro atoms. The normalized spacial score (nSPS) is 10.6. The van der Waals surface area contributed by atoms with E-state index in [0.717, 1.165) is 22.9 Å². The van der Waals surface area contributed by atoms with Gasteiger partial charge in [-0.1, -0.05) is 6.92 Å². The molecule has 1 amide bonds. The van der Waals surface area contributed by atoms with Gasteiger partial charge in [-0.2, -0.15) is 0 Å². The van der Waals surface area contributed by atoms with Gasteiger partial charge in [-0.15, -0.1) is 22.7 Å². The number of aryl methyl sites for hydroxylation is 1. The van der Waals surface area contributed by atoms with Crippen LogP contribution in [0.5, 0.6) is 0 Å². The Morgan fingerprint density at radius 3 is 2.95 bits per heavy atom. The molecular formula is C12H16N4OS2. The second-order valence-corrected chi connectivity index (χ2v) is 6.05. The van der Waals surface area contributed by atoms with Gasteiger partial charge in [0.05, 0.1) is 5.01 Å². The number of thiazole rings is 2. The Morgan fingerprint density at radius 1 is 1.47 bits per heavy atom. The quantitative estimate of drug-likeness (QED) is 0.848. The fourth-order valence-corrected chi connectivity index (χ4v) is 3.03. The second kappa shape index (κ2) is 6.74. The summed E-state index contributed by atoms with van der Waals surface area (Å²) in [7, 11) is 0. The highest BCUT2D eigenvalue weighted by Crippen LogP contribution is 2.13. The van der Waals surface area contributed by atoms with Crippen molar-refractivity contribution in [3.8, 4) is 0 Å². The number of nitrogens with two attached hydrogens (primary N) is 1. The maximum Gasteiger partial charge on any atom is 0.270 e. The van der Waals surface area contributed by atoms with Crippen LogP contribution < -0.4 is 11.1 Å². The number of nitrogens with one attached hydrogen (secondary N) is 1. The third kappa shape index (κ3) is 3.82. The maximum absolute atomic E-state index is 11.8. The van der Waals surface area contributed by atoms with Crippen molar-refractivity contribution in [3.05, 3.63) is 32.2 Å². The summed E-state index contributed by atoms with van der Waals surface area (Å²) in [4.78, 5) is 21.5. The third-order valence-electron chi connectivity index (χ3n) is 2.53. The van der Waals surface area contributed by atoms with E-state index in [4.69, 9.17) is 5.73 Å². The Bertz CT molecular complexity index is 549. The summed E-state index contributed by atoms with van der Waals surface area (Å²) in [6.45, 7) is 3.05. The average molecular weight is 296 g/mol. The van der Waals surface area contributed by atoms with Crippen LogP contribution in [0.2, 0.25) is 0 Å².